The Balaban J connectivity index is 1.96. The first-order chi connectivity index (χ1) is 9.46. The van der Waals surface area contributed by atoms with Crippen LogP contribution < -0.4 is 5.32 Å². The monoisotopic (exact) mass is 297 g/mol. The van der Waals surface area contributed by atoms with E-state index >= 15 is 0 Å². The van der Waals surface area contributed by atoms with Crippen molar-refractivity contribution in [2.45, 2.75) is 78.9 Å². The molecule has 2 rings (SSSR count). The summed E-state index contributed by atoms with van der Waals surface area (Å²) < 4.78 is 2.04. The van der Waals surface area contributed by atoms with Crippen LogP contribution >= 0.6 is 11.6 Å². The van der Waals surface area contributed by atoms with Gasteiger partial charge in [0.25, 0.3) is 0 Å². The van der Waals surface area contributed by atoms with Crippen LogP contribution in [0.2, 0.25) is 5.02 Å². The second-order valence-corrected chi connectivity index (χ2v) is 7.07. The summed E-state index contributed by atoms with van der Waals surface area (Å²) in [4.78, 5) is 0. The van der Waals surface area contributed by atoms with Crippen molar-refractivity contribution in [1.29, 1.82) is 0 Å². The van der Waals surface area contributed by atoms with Gasteiger partial charge in [0.1, 0.15) is 0 Å². The summed E-state index contributed by atoms with van der Waals surface area (Å²) in [5, 5.41) is 9.12. The molecule has 1 heterocycles. The molecular weight excluding hydrogens is 270 g/mol. The number of nitrogens with one attached hydrogen (secondary N) is 1. The summed E-state index contributed by atoms with van der Waals surface area (Å²) in [7, 11) is 0. The van der Waals surface area contributed by atoms with Crippen molar-refractivity contribution in [2.24, 2.45) is 5.41 Å². The Morgan fingerprint density at radius 2 is 1.95 bits per heavy atom. The summed E-state index contributed by atoms with van der Waals surface area (Å²) in [5.74, 6) is 0. The van der Waals surface area contributed by atoms with Crippen LogP contribution in [0.1, 0.15) is 64.8 Å². The van der Waals surface area contributed by atoms with E-state index in [1.807, 2.05) is 4.68 Å². The van der Waals surface area contributed by atoms with E-state index in [2.05, 4.69) is 38.1 Å². The quantitative estimate of drug-likeness (QED) is 0.883. The first-order valence-corrected chi connectivity index (χ1v) is 8.32. The highest BCUT2D eigenvalue weighted by atomic mass is 35.5. The van der Waals surface area contributed by atoms with Crippen molar-refractivity contribution < 1.29 is 0 Å². The third-order valence-electron chi connectivity index (χ3n) is 4.59. The number of halogens is 1. The van der Waals surface area contributed by atoms with Gasteiger partial charge < -0.3 is 5.32 Å². The van der Waals surface area contributed by atoms with Gasteiger partial charge in [-0.2, -0.15) is 5.10 Å². The van der Waals surface area contributed by atoms with E-state index in [1.54, 1.807) is 0 Å². The Labute approximate surface area is 128 Å². The molecule has 114 valence electrons. The number of rotatable bonds is 5. The van der Waals surface area contributed by atoms with Gasteiger partial charge in [0.2, 0.25) is 0 Å². The predicted molar refractivity (Wildman–Crippen MR) is 85.2 cm³/mol. The fourth-order valence-corrected chi connectivity index (χ4v) is 3.37. The first-order valence-electron chi connectivity index (χ1n) is 7.94. The van der Waals surface area contributed by atoms with Gasteiger partial charge in [-0.1, -0.05) is 32.4 Å². The molecular formula is C16H28ClN3. The Bertz CT molecular complexity index is 441. The van der Waals surface area contributed by atoms with E-state index in [-0.39, 0.29) is 0 Å². The van der Waals surface area contributed by atoms with E-state index in [1.165, 1.54) is 25.7 Å². The van der Waals surface area contributed by atoms with Gasteiger partial charge in [0.05, 0.1) is 16.4 Å². The highest BCUT2D eigenvalue weighted by molar-refractivity contribution is 6.31. The van der Waals surface area contributed by atoms with Crippen LogP contribution in [0, 0.1) is 5.41 Å². The molecule has 1 saturated carbocycles. The fourth-order valence-electron chi connectivity index (χ4n) is 3.03. The molecule has 3 nitrogen and oxygen atoms in total. The highest BCUT2D eigenvalue weighted by Crippen LogP contribution is 2.35. The second-order valence-electron chi connectivity index (χ2n) is 6.70. The zero-order valence-electron chi connectivity index (χ0n) is 13.3. The lowest BCUT2D eigenvalue weighted by Gasteiger charge is -2.34. The van der Waals surface area contributed by atoms with E-state index in [0.29, 0.717) is 11.5 Å². The van der Waals surface area contributed by atoms with E-state index in [4.69, 9.17) is 11.6 Å². The molecule has 1 N–H and O–H groups in total. The molecule has 0 aromatic carbocycles. The number of aromatic nitrogens is 2. The summed E-state index contributed by atoms with van der Waals surface area (Å²) >= 11 is 6.45. The number of aryl methyl sites for hydroxylation is 2. The van der Waals surface area contributed by atoms with Gasteiger partial charge in [0.15, 0.2) is 0 Å². The van der Waals surface area contributed by atoms with Crippen LogP contribution in [0.15, 0.2) is 0 Å². The average Bonchev–Trinajstić information content (AvgIpc) is 2.73. The SMILES string of the molecule is CCc1nn(CC)c(CNC2CCC(C)(C)CC2)c1Cl. The second kappa shape index (κ2) is 6.48. The maximum absolute atomic E-state index is 6.45. The molecule has 1 aliphatic carbocycles. The Hall–Kier alpha value is -0.540. The third kappa shape index (κ3) is 3.56. The molecule has 0 spiro atoms. The molecule has 4 heteroatoms. The summed E-state index contributed by atoms with van der Waals surface area (Å²) in [6.07, 6.45) is 6.06. The van der Waals surface area contributed by atoms with Gasteiger partial charge in [-0.15, -0.1) is 0 Å². The zero-order chi connectivity index (χ0) is 14.8. The molecule has 0 saturated heterocycles. The molecule has 0 atom stereocenters. The number of nitrogens with zero attached hydrogens (tertiary/aromatic N) is 2. The molecule has 1 aliphatic rings. The van der Waals surface area contributed by atoms with Gasteiger partial charge >= 0.3 is 0 Å². The molecule has 1 aromatic heterocycles. The molecule has 20 heavy (non-hydrogen) atoms. The van der Waals surface area contributed by atoms with Gasteiger partial charge in [-0.25, -0.2) is 0 Å². The van der Waals surface area contributed by atoms with Crippen molar-refractivity contribution in [3.8, 4) is 0 Å². The molecule has 0 bridgehead atoms. The molecule has 1 fully saturated rings. The minimum Gasteiger partial charge on any atom is -0.308 e. The molecule has 0 radical (unpaired) electrons. The summed E-state index contributed by atoms with van der Waals surface area (Å²) in [5.41, 5.74) is 2.70. The lowest BCUT2D eigenvalue weighted by Crippen LogP contribution is -2.35. The van der Waals surface area contributed by atoms with E-state index < -0.39 is 0 Å². The highest BCUT2D eigenvalue weighted by Gasteiger charge is 2.26. The van der Waals surface area contributed by atoms with Crippen molar-refractivity contribution in [3.63, 3.8) is 0 Å². The topological polar surface area (TPSA) is 29.9 Å². The normalized spacial score (nSPS) is 19.4. The number of hydrogen-bond donors (Lipinski definition) is 1. The summed E-state index contributed by atoms with van der Waals surface area (Å²) in [6, 6.07) is 0.629. The van der Waals surface area contributed by atoms with Crippen LogP contribution in [0.4, 0.5) is 0 Å². The smallest absolute Gasteiger partial charge is 0.0863 e. The van der Waals surface area contributed by atoms with Crippen molar-refractivity contribution >= 4 is 11.6 Å². The molecule has 0 aliphatic heterocycles. The van der Waals surface area contributed by atoms with Crippen molar-refractivity contribution in [3.05, 3.63) is 16.4 Å². The molecule has 0 amide bonds. The number of hydrogen-bond acceptors (Lipinski definition) is 2. The zero-order valence-corrected chi connectivity index (χ0v) is 14.1. The van der Waals surface area contributed by atoms with Crippen molar-refractivity contribution in [1.82, 2.24) is 15.1 Å². The lowest BCUT2D eigenvalue weighted by molar-refractivity contribution is 0.205. The third-order valence-corrected chi connectivity index (χ3v) is 5.03. The van der Waals surface area contributed by atoms with Crippen LogP contribution in [0.25, 0.3) is 0 Å². The minimum atomic E-state index is 0.524. The average molecular weight is 298 g/mol. The maximum Gasteiger partial charge on any atom is 0.0863 e. The Morgan fingerprint density at radius 3 is 2.50 bits per heavy atom. The molecule has 0 unspecified atom stereocenters. The standard InChI is InChI=1S/C16H28ClN3/c1-5-13-15(17)14(20(6-2)19-13)11-18-12-7-9-16(3,4)10-8-12/h12,18H,5-11H2,1-4H3. The van der Waals surface area contributed by atoms with Crippen LogP contribution in [-0.4, -0.2) is 15.8 Å². The fraction of sp³-hybridized carbons (Fsp3) is 0.812. The van der Waals surface area contributed by atoms with Gasteiger partial charge in [-0.05, 0) is 44.4 Å². The van der Waals surface area contributed by atoms with Crippen LogP contribution in [0.5, 0.6) is 0 Å². The lowest BCUT2D eigenvalue weighted by atomic mass is 9.75. The Morgan fingerprint density at radius 1 is 1.30 bits per heavy atom. The van der Waals surface area contributed by atoms with Crippen molar-refractivity contribution in [2.75, 3.05) is 0 Å². The maximum atomic E-state index is 6.45. The minimum absolute atomic E-state index is 0.524. The Kier molecular flexibility index (Phi) is 5.14. The first kappa shape index (κ1) is 15.8. The predicted octanol–water partition coefficient (Wildman–Crippen LogP) is 4.18. The molecule has 1 aromatic rings. The van der Waals surface area contributed by atoms with E-state index in [9.17, 15) is 0 Å². The van der Waals surface area contributed by atoms with Crippen LogP contribution in [0.3, 0.4) is 0 Å². The van der Waals surface area contributed by atoms with Gasteiger partial charge in [-0.3, -0.25) is 4.68 Å². The summed E-state index contributed by atoms with van der Waals surface area (Å²) in [6.45, 7) is 10.7. The van der Waals surface area contributed by atoms with E-state index in [0.717, 1.165) is 35.9 Å². The largest absolute Gasteiger partial charge is 0.308 e. The van der Waals surface area contributed by atoms with Crippen LogP contribution in [-0.2, 0) is 19.5 Å². The van der Waals surface area contributed by atoms with Gasteiger partial charge in [0, 0.05) is 19.1 Å².